The first-order chi connectivity index (χ1) is 34.2. The second-order valence-corrected chi connectivity index (χ2v) is 17.9. The number of hydrogen-bond acceptors (Lipinski definition) is 4. The van der Waals surface area contributed by atoms with Crippen molar-refractivity contribution in [1.82, 2.24) is 19.5 Å². The van der Waals surface area contributed by atoms with Gasteiger partial charge < -0.3 is 8.98 Å². The number of aromatic nitrogens is 4. The summed E-state index contributed by atoms with van der Waals surface area (Å²) in [4.78, 5) is 16.9. The van der Waals surface area contributed by atoms with Crippen molar-refractivity contribution >= 4 is 43.7 Å². The molecule has 1 aliphatic rings. The molecule has 14 rings (SSSR count). The maximum absolute atomic E-state index is 6.48. The third-order valence-corrected chi connectivity index (χ3v) is 14.1. The van der Waals surface area contributed by atoms with E-state index < -0.39 is 5.41 Å². The van der Waals surface area contributed by atoms with Gasteiger partial charge in [0.1, 0.15) is 16.6 Å². The first kappa shape index (κ1) is 39.0. The van der Waals surface area contributed by atoms with Gasteiger partial charge in [-0.3, -0.25) is 0 Å². The number of para-hydroxylation sites is 2. The molecule has 3 heterocycles. The molecule has 0 aliphatic heterocycles. The zero-order valence-corrected chi connectivity index (χ0v) is 37.3. The molecule has 3 aromatic heterocycles. The van der Waals surface area contributed by atoms with Gasteiger partial charge in [-0.15, -0.1) is 0 Å². The summed E-state index contributed by atoms with van der Waals surface area (Å²) >= 11 is 0. The highest BCUT2D eigenvalue weighted by Gasteiger charge is 2.49. The minimum Gasteiger partial charge on any atom is -0.456 e. The molecule has 0 saturated carbocycles. The quantitative estimate of drug-likeness (QED) is 0.160. The van der Waals surface area contributed by atoms with Crippen molar-refractivity contribution in [2.75, 3.05) is 0 Å². The van der Waals surface area contributed by atoms with Crippen molar-refractivity contribution in [3.05, 3.63) is 265 Å². The van der Waals surface area contributed by atoms with Crippen LogP contribution in [-0.2, 0) is 5.41 Å². The van der Waals surface area contributed by atoms with Crippen LogP contribution in [0.3, 0.4) is 0 Å². The SMILES string of the molecule is c1ccc(-c2ccc(C3(c4nc(-c5cccc(-n6c7ccccc7c7cc(-c8ccccc8)ccc76)c5)nc(-c5cccc6oc7ccccc7c56)n4)c4ccccc4-c4ccccc43)cc2)cc1. The summed E-state index contributed by atoms with van der Waals surface area (Å²) in [7, 11) is 0. The number of furan rings is 1. The zero-order valence-electron chi connectivity index (χ0n) is 37.3. The Morgan fingerprint density at radius 1 is 0.348 bits per heavy atom. The van der Waals surface area contributed by atoms with E-state index in [0.717, 1.165) is 88.7 Å². The highest BCUT2D eigenvalue weighted by molar-refractivity contribution is 6.12. The van der Waals surface area contributed by atoms with E-state index in [1.165, 1.54) is 21.9 Å². The molecule has 0 saturated heterocycles. The monoisotopic (exact) mass is 880 g/mol. The van der Waals surface area contributed by atoms with Crippen LogP contribution in [0.15, 0.2) is 247 Å². The summed E-state index contributed by atoms with van der Waals surface area (Å²) in [5.41, 5.74) is 16.1. The van der Waals surface area contributed by atoms with E-state index in [2.05, 4.69) is 223 Å². The summed E-state index contributed by atoms with van der Waals surface area (Å²) in [6, 6.07) is 86.1. The molecular formula is C64H40N4O. The lowest BCUT2D eigenvalue weighted by Gasteiger charge is -2.32. The maximum atomic E-state index is 6.48. The van der Waals surface area contributed by atoms with Gasteiger partial charge in [-0.1, -0.05) is 200 Å². The second kappa shape index (κ2) is 15.4. The molecule has 10 aromatic carbocycles. The molecule has 0 unspecified atom stereocenters. The van der Waals surface area contributed by atoms with E-state index in [-0.39, 0.29) is 0 Å². The fourth-order valence-corrected chi connectivity index (χ4v) is 11.1. The fraction of sp³-hybridized carbons (Fsp3) is 0.0156. The lowest BCUT2D eigenvalue weighted by molar-refractivity contribution is 0.669. The normalized spacial score (nSPS) is 12.8. The molecule has 0 spiro atoms. The molecule has 0 fully saturated rings. The van der Waals surface area contributed by atoms with Gasteiger partial charge in [-0.25, -0.2) is 15.0 Å². The van der Waals surface area contributed by atoms with Gasteiger partial charge in [0, 0.05) is 38.4 Å². The van der Waals surface area contributed by atoms with E-state index in [1.54, 1.807) is 0 Å². The smallest absolute Gasteiger partial charge is 0.164 e. The van der Waals surface area contributed by atoms with Gasteiger partial charge in [0.25, 0.3) is 0 Å². The van der Waals surface area contributed by atoms with Crippen molar-refractivity contribution in [2.45, 2.75) is 5.41 Å². The van der Waals surface area contributed by atoms with E-state index >= 15 is 0 Å². The largest absolute Gasteiger partial charge is 0.456 e. The Morgan fingerprint density at radius 3 is 1.67 bits per heavy atom. The molecule has 5 heteroatoms. The number of rotatable bonds is 7. The average molecular weight is 881 g/mol. The van der Waals surface area contributed by atoms with Gasteiger partial charge in [0.15, 0.2) is 17.5 Å². The Bertz CT molecular complexity index is 4090. The summed E-state index contributed by atoms with van der Waals surface area (Å²) < 4.78 is 8.84. The van der Waals surface area contributed by atoms with Crippen molar-refractivity contribution in [3.63, 3.8) is 0 Å². The molecular weight excluding hydrogens is 841 g/mol. The third kappa shape index (κ3) is 6.00. The molecule has 322 valence electrons. The highest BCUT2D eigenvalue weighted by Crippen LogP contribution is 2.56. The molecule has 69 heavy (non-hydrogen) atoms. The first-order valence-corrected chi connectivity index (χ1v) is 23.4. The van der Waals surface area contributed by atoms with Crippen LogP contribution in [0.1, 0.15) is 22.5 Å². The Labute approximate surface area is 398 Å². The van der Waals surface area contributed by atoms with E-state index in [9.17, 15) is 0 Å². The summed E-state index contributed by atoms with van der Waals surface area (Å²) in [6.45, 7) is 0. The van der Waals surface area contributed by atoms with Gasteiger partial charge in [-0.2, -0.15) is 0 Å². The predicted octanol–water partition coefficient (Wildman–Crippen LogP) is 15.9. The van der Waals surface area contributed by atoms with E-state index in [4.69, 9.17) is 19.4 Å². The predicted molar refractivity (Wildman–Crippen MR) is 280 cm³/mol. The minimum absolute atomic E-state index is 0.574. The minimum atomic E-state index is -0.901. The van der Waals surface area contributed by atoms with Crippen LogP contribution < -0.4 is 0 Å². The van der Waals surface area contributed by atoms with Gasteiger partial charge in [0.05, 0.1) is 11.0 Å². The van der Waals surface area contributed by atoms with E-state index in [0.29, 0.717) is 17.5 Å². The highest BCUT2D eigenvalue weighted by atomic mass is 16.3. The third-order valence-electron chi connectivity index (χ3n) is 14.1. The molecule has 0 radical (unpaired) electrons. The Hall–Kier alpha value is -9.19. The van der Waals surface area contributed by atoms with Crippen LogP contribution >= 0.6 is 0 Å². The number of nitrogens with zero attached hydrogens (tertiary/aromatic N) is 4. The summed E-state index contributed by atoms with van der Waals surface area (Å²) in [6.07, 6.45) is 0. The molecule has 5 nitrogen and oxygen atoms in total. The first-order valence-electron chi connectivity index (χ1n) is 23.4. The van der Waals surface area contributed by atoms with Crippen molar-refractivity contribution < 1.29 is 4.42 Å². The van der Waals surface area contributed by atoms with Crippen molar-refractivity contribution in [2.24, 2.45) is 0 Å². The van der Waals surface area contributed by atoms with E-state index in [1.807, 2.05) is 24.3 Å². The van der Waals surface area contributed by atoms with Crippen LogP contribution in [0.5, 0.6) is 0 Å². The number of benzene rings is 10. The molecule has 0 bridgehead atoms. The molecule has 0 atom stereocenters. The summed E-state index contributed by atoms with van der Waals surface area (Å²) in [5, 5.41) is 4.37. The van der Waals surface area contributed by atoms with Gasteiger partial charge >= 0.3 is 0 Å². The van der Waals surface area contributed by atoms with Crippen LogP contribution in [0.25, 0.3) is 106 Å². The molecule has 13 aromatic rings. The van der Waals surface area contributed by atoms with Crippen LogP contribution in [-0.4, -0.2) is 19.5 Å². The Morgan fingerprint density at radius 2 is 0.899 bits per heavy atom. The van der Waals surface area contributed by atoms with Crippen LogP contribution in [0.4, 0.5) is 0 Å². The van der Waals surface area contributed by atoms with Crippen LogP contribution in [0.2, 0.25) is 0 Å². The fourth-order valence-electron chi connectivity index (χ4n) is 11.1. The summed E-state index contributed by atoms with van der Waals surface area (Å²) in [5.74, 6) is 1.80. The number of hydrogen-bond donors (Lipinski definition) is 0. The Balaban J connectivity index is 1.04. The molecule has 0 amide bonds. The second-order valence-electron chi connectivity index (χ2n) is 17.9. The topological polar surface area (TPSA) is 56.7 Å². The lowest BCUT2D eigenvalue weighted by atomic mass is 9.71. The van der Waals surface area contributed by atoms with Crippen LogP contribution in [0, 0.1) is 0 Å². The van der Waals surface area contributed by atoms with Crippen molar-refractivity contribution in [3.8, 4) is 61.8 Å². The van der Waals surface area contributed by atoms with Gasteiger partial charge in [-0.05, 0) is 92.5 Å². The van der Waals surface area contributed by atoms with Crippen molar-refractivity contribution in [1.29, 1.82) is 0 Å². The maximum Gasteiger partial charge on any atom is 0.164 e. The zero-order chi connectivity index (χ0) is 45.5. The standard InChI is InChI=1S/C64H40N4O/c1-3-17-41(18-4-1)43-33-36-46(37-34-43)64(54-28-11-7-23-48(54)49-24-8-12-29-55(49)64)63-66-61(65-62(67-63)52-27-16-32-59-60(52)51-26-10-14-31-58(51)69-59)45-21-15-22-47(39-45)68-56-30-13-9-25-50(56)53-40-44(35-38-57(53)68)42-19-5-2-6-20-42/h1-40H. The number of fused-ring (bicyclic) bond motifs is 9. The molecule has 1 aliphatic carbocycles. The lowest BCUT2D eigenvalue weighted by Crippen LogP contribution is -2.31. The Kier molecular flexibility index (Phi) is 8.73. The van der Waals surface area contributed by atoms with Gasteiger partial charge in [0.2, 0.25) is 0 Å². The average Bonchev–Trinajstić information content (AvgIpc) is 4.08. The molecule has 0 N–H and O–H groups in total.